The fourth-order valence-electron chi connectivity index (χ4n) is 2.83. The fraction of sp³-hybridized carbons (Fsp3) is 0.312. The molecular weight excluding hydrogens is 346 g/mol. The van der Waals surface area contributed by atoms with E-state index in [1.54, 1.807) is 31.6 Å². The summed E-state index contributed by atoms with van der Waals surface area (Å²) in [5.74, 6) is 1.01. The predicted octanol–water partition coefficient (Wildman–Crippen LogP) is 3.25. The summed E-state index contributed by atoms with van der Waals surface area (Å²) in [6, 6.07) is 4.88. The summed E-state index contributed by atoms with van der Waals surface area (Å²) >= 11 is 6.26. The number of fused-ring (bicyclic) bond motifs is 1. The average Bonchev–Trinajstić information content (AvgIpc) is 3.25. The van der Waals surface area contributed by atoms with Gasteiger partial charge in [-0.2, -0.15) is 9.97 Å². The van der Waals surface area contributed by atoms with Crippen LogP contribution in [0.3, 0.4) is 0 Å². The van der Waals surface area contributed by atoms with Crippen LogP contribution in [0.15, 0.2) is 24.5 Å². The Bertz CT molecular complexity index is 924. The van der Waals surface area contributed by atoms with Gasteiger partial charge in [-0.1, -0.05) is 11.6 Å². The van der Waals surface area contributed by atoms with Gasteiger partial charge < -0.3 is 19.9 Å². The molecule has 1 fully saturated rings. The first kappa shape index (κ1) is 15.9. The van der Waals surface area contributed by atoms with Gasteiger partial charge in [-0.25, -0.2) is 4.98 Å². The Morgan fingerprint density at radius 3 is 3.00 bits per heavy atom. The van der Waals surface area contributed by atoms with E-state index in [2.05, 4.69) is 20.3 Å². The number of nitrogens with one attached hydrogen (secondary N) is 1. The second-order valence-corrected chi connectivity index (χ2v) is 6.04. The summed E-state index contributed by atoms with van der Waals surface area (Å²) in [6.07, 6.45) is 3.38. The first-order valence-electron chi connectivity index (χ1n) is 7.81. The van der Waals surface area contributed by atoms with Crippen LogP contribution in [0.5, 0.6) is 11.8 Å². The van der Waals surface area contributed by atoms with E-state index < -0.39 is 0 Å². The van der Waals surface area contributed by atoms with Gasteiger partial charge in [0.25, 0.3) is 0 Å². The first-order valence-corrected chi connectivity index (χ1v) is 8.19. The Labute approximate surface area is 148 Å². The standard InChI is InChI=1S/C16H16ClN5O3/c1-24-9-4-5-11(10(17)7-9)19-14-13-15(21-16(23)20-14)22(8-18-13)12-3-2-6-25-12/h4-5,7-8,12H,2-3,6H2,1H3,(H2,19,20,21,23). The van der Waals surface area contributed by atoms with Crippen LogP contribution in [-0.2, 0) is 4.74 Å². The maximum Gasteiger partial charge on any atom is 0.318 e. The van der Waals surface area contributed by atoms with E-state index in [1.165, 1.54) is 0 Å². The maximum absolute atomic E-state index is 9.93. The van der Waals surface area contributed by atoms with E-state index in [0.717, 1.165) is 12.8 Å². The number of anilines is 2. The van der Waals surface area contributed by atoms with E-state index in [9.17, 15) is 5.11 Å². The van der Waals surface area contributed by atoms with Gasteiger partial charge in [0.1, 0.15) is 12.0 Å². The smallest absolute Gasteiger partial charge is 0.318 e. The molecule has 1 aliphatic rings. The minimum absolute atomic E-state index is 0.128. The molecule has 9 heteroatoms. The van der Waals surface area contributed by atoms with Gasteiger partial charge in [0.15, 0.2) is 17.0 Å². The Balaban J connectivity index is 1.74. The number of aromatic nitrogens is 4. The molecule has 0 radical (unpaired) electrons. The zero-order chi connectivity index (χ0) is 17.4. The molecule has 3 aromatic rings. The quantitative estimate of drug-likeness (QED) is 0.736. The number of methoxy groups -OCH3 is 1. The molecule has 0 saturated carbocycles. The molecule has 1 saturated heterocycles. The molecule has 2 aromatic heterocycles. The zero-order valence-corrected chi connectivity index (χ0v) is 14.2. The molecule has 130 valence electrons. The second kappa shape index (κ2) is 6.38. The number of rotatable bonds is 4. The minimum atomic E-state index is -0.348. The van der Waals surface area contributed by atoms with Crippen molar-refractivity contribution in [2.75, 3.05) is 19.0 Å². The molecule has 1 aliphatic heterocycles. The largest absolute Gasteiger partial charge is 0.497 e. The summed E-state index contributed by atoms with van der Waals surface area (Å²) in [4.78, 5) is 12.5. The predicted molar refractivity (Wildman–Crippen MR) is 92.5 cm³/mol. The number of imidazole rings is 1. The average molecular weight is 362 g/mol. The van der Waals surface area contributed by atoms with Gasteiger partial charge in [-0.05, 0) is 25.0 Å². The Kier molecular flexibility index (Phi) is 4.06. The highest BCUT2D eigenvalue weighted by Gasteiger charge is 2.22. The Morgan fingerprint density at radius 2 is 2.28 bits per heavy atom. The van der Waals surface area contributed by atoms with Crippen molar-refractivity contribution in [1.29, 1.82) is 0 Å². The van der Waals surface area contributed by atoms with Crippen molar-refractivity contribution in [3.63, 3.8) is 0 Å². The summed E-state index contributed by atoms with van der Waals surface area (Å²) < 4.78 is 12.6. The van der Waals surface area contributed by atoms with Crippen LogP contribution in [0.1, 0.15) is 19.1 Å². The molecule has 3 heterocycles. The lowest BCUT2D eigenvalue weighted by atomic mass is 10.3. The number of aromatic hydroxyl groups is 1. The third kappa shape index (κ3) is 2.94. The number of hydrogen-bond acceptors (Lipinski definition) is 7. The first-order chi connectivity index (χ1) is 12.2. The maximum atomic E-state index is 9.93. The Hall–Kier alpha value is -2.58. The van der Waals surface area contributed by atoms with Gasteiger partial charge in [0.05, 0.1) is 24.1 Å². The van der Waals surface area contributed by atoms with Crippen LogP contribution >= 0.6 is 11.6 Å². The lowest BCUT2D eigenvalue weighted by molar-refractivity contribution is 0.0592. The highest BCUT2D eigenvalue weighted by Crippen LogP contribution is 2.33. The molecule has 0 spiro atoms. The van der Waals surface area contributed by atoms with Gasteiger partial charge in [-0.15, -0.1) is 0 Å². The van der Waals surface area contributed by atoms with Crippen molar-refractivity contribution in [2.45, 2.75) is 19.1 Å². The van der Waals surface area contributed by atoms with Crippen molar-refractivity contribution in [2.24, 2.45) is 0 Å². The highest BCUT2D eigenvalue weighted by molar-refractivity contribution is 6.33. The summed E-state index contributed by atoms with van der Waals surface area (Å²) in [7, 11) is 1.57. The third-order valence-electron chi connectivity index (χ3n) is 4.05. The van der Waals surface area contributed by atoms with Crippen LogP contribution in [0, 0.1) is 0 Å². The van der Waals surface area contributed by atoms with Crippen LogP contribution in [0.2, 0.25) is 5.02 Å². The molecular formula is C16H16ClN5O3. The molecule has 2 N–H and O–H groups in total. The van der Waals surface area contributed by atoms with E-state index in [1.807, 2.05) is 4.57 Å². The highest BCUT2D eigenvalue weighted by atomic mass is 35.5. The summed E-state index contributed by atoms with van der Waals surface area (Å²) in [5, 5.41) is 13.5. The second-order valence-electron chi connectivity index (χ2n) is 5.63. The van der Waals surface area contributed by atoms with Crippen molar-refractivity contribution >= 4 is 34.3 Å². The Morgan fingerprint density at radius 1 is 1.40 bits per heavy atom. The van der Waals surface area contributed by atoms with E-state index >= 15 is 0 Å². The van der Waals surface area contributed by atoms with Gasteiger partial charge in [-0.3, -0.25) is 4.57 Å². The van der Waals surface area contributed by atoms with Crippen molar-refractivity contribution in [3.8, 4) is 11.8 Å². The molecule has 0 bridgehead atoms. The molecule has 0 amide bonds. The molecule has 0 aliphatic carbocycles. The molecule has 8 nitrogen and oxygen atoms in total. The molecule has 4 rings (SSSR count). The number of ether oxygens (including phenoxy) is 2. The summed E-state index contributed by atoms with van der Waals surface area (Å²) in [5.41, 5.74) is 1.65. The number of hydrogen-bond donors (Lipinski definition) is 2. The topological polar surface area (TPSA) is 94.3 Å². The molecule has 1 unspecified atom stereocenters. The lowest BCUT2D eigenvalue weighted by Crippen LogP contribution is -2.07. The third-order valence-corrected chi connectivity index (χ3v) is 4.37. The van der Waals surface area contributed by atoms with Crippen molar-refractivity contribution in [3.05, 3.63) is 29.5 Å². The number of halogens is 1. The monoisotopic (exact) mass is 361 g/mol. The van der Waals surface area contributed by atoms with Crippen molar-refractivity contribution < 1.29 is 14.6 Å². The van der Waals surface area contributed by atoms with Gasteiger partial charge in [0, 0.05) is 12.7 Å². The fourth-order valence-corrected chi connectivity index (χ4v) is 3.05. The summed E-state index contributed by atoms with van der Waals surface area (Å²) in [6.45, 7) is 0.702. The molecule has 1 aromatic carbocycles. The van der Waals surface area contributed by atoms with Gasteiger partial charge >= 0.3 is 6.01 Å². The SMILES string of the molecule is COc1ccc(Nc2nc(O)nc3c2ncn3C2CCCO2)c(Cl)c1. The van der Waals surface area contributed by atoms with Crippen molar-refractivity contribution in [1.82, 2.24) is 19.5 Å². The minimum Gasteiger partial charge on any atom is -0.497 e. The zero-order valence-electron chi connectivity index (χ0n) is 13.4. The molecule has 25 heavy (non-hydrogen) atoms. The number of benzene rings is 1. The molecule has 1 atom stereocenters. The van der Waals surface area contributed by atoms with Crippen LogP contribution < -0.4 is 10.1 Å². The van der Waals surface area contributed by atoms with Crippen LogP contribution in [0.25, 0.3) is 11.2 Å². The van der Waals surface area contributed by atoms with Crippen LogP contribution in [-0.4, -0.2) is 38.3 Å². The number of nitrogens with zero attached hydrogens (tertiary/aromatic N) is 4. The van der Waals surface area contributed by atoms with E-state index in [4.69, 9.17) is 21.1 Å². The van der Waals surface area contributed by atoms with E-state index in [-0.39, 0.29) is 12.2 Å². The van der Waals surface area contributed by atoms with E-state index in [0.29, 0.717) is 40.0 Å². The lowest BCUT2D eigenvalue weighted by Gasteiger charge is -2.12. The van der Waals surface area contributed by atoms with Crippen LogP contribution in [0.4, 0.5) is 11.5 Å². The van der Waals surface area contributed by atoms with Gasteiger partial charge in [0.2, 0.25) is 0 Å². The normalized spacial score (nSPS) is 17.1.